The maximum absolute atomic E-state index is 13.3. The molecule has 35 heavy (non-hydrogen) atoms. The Kier molecular flexibility index (Phi) is 7.04. The van der Waals surface area contributed by atoms with E-state index in [-0.39, 0.29) is 6.79 Å². The first-order chi connectivity index (χ1) is 17.0. The average molecular weight is 484 g/mol. The Labute approximate surface area is 204 Å². The minimum absolute atomic E-state index is 0.0811. The lowest BCUT2D eigenvalue weighted by Gasteiger charge is -2.33. The summed E-state index contributed by atoms with van der Waals surface area (Å²) >= 11 is 0. The number of benzene rings is 2. The van der Waals surface area contributed by atoms with E-state index in [1.54, 1.807) is 34.7 Å². The predicted octanol–water partition coefficient (Wildman–Crippen LogP) is 3.86. The average Bonchev–Trinajstić information content (AvgIpc) is 3.36. The quantitative estimate of drug-likeness (QED) is 0.413. The van der Waals surface area contributed by atoms with Crippen molar-refractivity contribution in [1.82, 2.24) is 0 Å². The van der Waals surface area contributed by atoms with Crippen LogP contribution in [0.15, 0.2) is 28.8 Å². The van der Waals surface area contributed by atoms with Crippen LogP contribution in [0.2, 0.25) is 0 Å². The minimum atomic E-state index is -0.698. The Morgan fingerprint density at radius 3 is 2.26 bits per heavy atom. The summed E-state index contributed by atoms with van der Waals surface area (Å²) in [6.45, 7) is 2.57. The normalized spacial score (nSPS) is 18.1. The first kappa shape index (κ1) is 24.3. The highest BCUT2D eigenvalue weighted by atomic mass is 16.7. The van der Waals surface area contributed by atoms with Crippen molar-refractivity contribution in [2.24, 2.45) is 10.9 Å². The minimum Gasteiger partial charge on any atom is -0.493 e. The van der Waals surface area contributed by atoms with Gasteiger partial charge in [-0.15, -0.1) is 0 Å². The van der Waals surface area contributed by atoms with E-state index >= 15 is 0 Å². The van der Waals surface area contributed by atoms with Crippen LogP contribution in [-0.4, -0.2) is 61.1 Å². The molecule has 0 N–H and O–H groups in total. The molecule has 0 aromatic heterocycles. The van der Waals surface area contributed by atoms with E-state index in [9.17, 15) is 4.79 Å². The second kappa shape index (κ2) is 10.2. The molecular formula is C26H29NO8. The highest BCUT2D eigenvalue weighted by Gasteiger charge is 2.42. The smallest absolute Gasteiger partial charge is 0.314 e. The van der Waals surface area contributed by atoms with E-state index in [0.29, 0.717) is 46.6 Å². The number of hydrogen-bond donors (Lipinski definition) is 0. The van der Waals surface area contributed by atoms with Crippen LogP contribution >= 0.6 is 0 Å². The molecule has 0 saturated carbocycles. The molecule has 4 rings (SSSR count). The summed E-state index contributed by atoms with van der Waals surface area (Å²) in [4.78, 5) is 17.7. The van der Waals surface area contributed by atoms with Crippen molar-refractivity contribution in [3.8, 4) is 34.5 Å². The second-order valence-corrected chi connectivity index (χ2v) is 7.86. The topological polar surface area (TPSA) is 94.0 Å². The number of methoxy groups -OCH3 is 5. The molecule has 0 radical (unpaired) electrons. The summed E-state index contributed by atoms with van der Waals surface area (Å²) < 4.78 is 39.1. The molecule has 2 aromatic rings. The maximum Gasteiger partial charge on any atom is 0.314 e. The number of esters is 1. The number of rotatable bonds is 8. The third-order valence-electron chi connectivity index (χ3n) is 6.16. The Hall–Kier alpha value is -3.88. The third kappa shape index (κ3) is 4.11. The molecule has 186 valence electrons. The van der Waals surface area contributed by atoms with Gasteiger partial charge in [-0.1, -0.05) is 0 Å². The third-order valence-corrected chi connectivity index (χ3v) is 6.16. The molecule has 0 fully saturated rings. The van der Waals surface area contributed by atoms with E-state index in [1.807, 2.05) is 31.2 Å². The van der Waals surface area contributed by atoms with Crippen molar-refractivity contribution in [2.45, 2.75) is 12.8 Å². The van der Waals surface area contributed by atoms with Gasteiger partial charge in [-0.25, -0.2) is 0 Å². The number of ether oxygens (including phenoxy) is 7. The van der Waals surface area contributed by atoms with Crippen molar-refractivity contribution in [3.05, 3.63) is 40.5 Å². The van der Waals surface area contributed by atoms with Crippen LogP contribution < -0.4 is 28.4 Å². The Balaban J connectivity index is 2.06. The van der Waals surface area contributed by atoms with Gasteiger partial charge in [0.2, 0.25) is 18.3 Å². The fourth-order valence-electron chi connectivity index (χ4n) is 4.65. The van der Waals surface area contributed by atoms with Crippen LogP contribution in [0.5, 0.6) is 34.5 Å². The van der Waals surface area contributed by atoms with E-state index < -0.39 is 17.8 Å². The van der Waals surface area contributed by atoms with Crippen LogP contribution in [0.25, 0.3) is 6.08 Å². The van der Waals surface area contributed by atoms with Gasteiger partial charge in [0.05, 0.1) is 41.5 Å². The first-order valence-corrected chi connectivity index (χ1v) is 11.1. The Bertz CT molecular complexity index is 1160. The number of nitrogens with zero attached hydrogens (tertiary/aromatic N) is 1. The van der Waals surface area contributed by atoms with Crippen molar-refractivity contribution in [3.63, 3.8) is 0 Å². The number of carbonyl (C=O) groups excluding carboxylic acids is 1. The highest BCUT2D eigenvalue weighted by molar-refractivity contribution is 5.98. The summed E-state index contributed by atoms with van der Waals surface area (Å²) in [5, 5.41) is 0. The van der Waals surface area contributed by atoms with Crippen molar-refractivity contribution >= 4 is 18.3 Å². The van der Waals surface area contributed by atoms with Crippen molar-refractivity contribution < 1.29 is 38.0 Å². The molecule has 9 heteroatoms. The lowest BCUT2D eigenvalue weighted by atomic mass is 9.71. The fraction of sp³-hybridized carbons (Fsp3) is 0.385. The van der Waals surface area contributed by atoms with E-state index in [1.165, 1.54) is 7.11 Å². The molecule has 2 aromatic carbocycles. The SMILES string of the molecule is CCN=CC1=Cc2c(cc3c(c2OC)OCO3)[C@@H](c2cc(OC)c(OC)c(OC)c2)[C@@H]1C(=O)OC. The lowest BCUT2D eigenvalue weighted by molar-refractivity contribution is -0.144. The van der Waals surface area contributed by atoms with E-state index in [4.69, 9.17) is 33.2 Å². The molecule has 2 aliphatic rings. The molecule has 0 unspecified atom stereocenters. The van der Waals surface area contributed by atoms with Gasteiger partial charge in [0.1, 0.15) is 0 Å². The molecule has 0 amide bonds. The molecule has 0 spiro atoms. The molecule has 9 nitrogen and oxygen atoms in total. The molecule has 1 aliphatic heterocycles. The number of fused-ring (bicyclic) bond motifs is 2. The first-order valence-electron chi connectivity index (χ1n) is 11.1. The molecule has 1 aliphatic carbocycles. The van der Waals surface area contributed by atoms with E-state index in [2.05, 4.69) is 4.99 Å². The van der Waals surface area contributed by atoms with Gasteiger partial charge < -0.3 is 33.2 Å². The van der Waals surface area contributed by atoms with Crippen molar-refractivity contribution in [2.75, 3.05) is 48.9 Å². The van der Waals surface area contributed by atoms with Gasteiger partial charge in [-0.05, 0) is 47.9 Å². The number of aliphatic imine (C=N–C) groups is 1. The number of hydrogen-bond acceptors (Lipinski definition) is 9. The zero-order chi connectivity index (χ0) is 25.1. The molecule has 0 saturated heterocycles. The Morgan fingerprint density at radius 1 is 1.00 bits per heavy atom. The van der Waals surface area contributed by atoms with E-state index in [0.717, 1.165) is 16.7 Å². The molecule has 2 atom stereocenters. The van der Waals surface area contributed by atoms with Crippen LogP contribution in [0.4, 0.5) is 0 Å². The van der Waals surface area contributed by atoms with Crippen LogP contribution in [0.1, 0.15) is 29.5 Å². The summed E-state index contributed by atoms with van der Waals surface area (Å²) in [7, 11) is 7.59. The fourth-order valence-corrected chi connectivity index (χ4v) is 4.65. The second-order valence-electron chi connectivity index (χ2n) is 7.86. The summed E-state index contributed by atoms with van der Waals surface area (Å²) in [6.07, 6.45) is 3.60. The van der Waals surface area contributed by atoms with Gasteiger partial charge >= 0.3 is 5.97 Å². The van der Waals surface area contributed by atoms with Gasteiger partial charge in [-0.2, -0.15) is 0 Å². The zero-order valence-electron chi connectivity index (χ0n) is 20.7. The number of carbonyl (C=O) groups is 1. The van der Waals surface area contributed by atoms with Crippen LogP contribution in [-0.2, 0) is 9.53 Å². The monoisotopic (exact) mass is 483 g/mol. The molecule has 0 bridgehead atoms. The Morgan fingerprint density at radius 2 is 1.69 bits per heavy atom. The van der Waals surface area contributed by atoms with Crippen LogP contribution in [0.3, 0.4) is 0 Å². The van der Waals surface area contributed by atoms with Gasteiger partial charge in [-0.3, -0.25) is 9.79 Å². The predicted molar refractivity (Wildman–Crippen MR) is 130 cm³/mol. The van der Waals surface area contributed by atoms with Gasteiger partial charge in [0, 0.05) is 24.2 Å². The molecular weight excluding hydrogens is 454 g/mol. The highest BCUT2D eigenvalue weighted by Crippen LogP contribution is 2.54. The van der Waals surface area contributed by atoms with Gasteiger partial charge in [0.25, 0.3) is 0 Å². The molecule has 1 heterocycles. The summed E-state index contributed by atoms with van der Waals surface area (Å²) in [5.74, 6) is 1.38. The van der Waals surface area contributed by atoms with Crippen LogP contribution in [0, 0.1) is 5.92 Å². The standard InChI is InChI=1S/C26H29NO8/c1-7-27-12-15-8-17-16(11-20-25(23(17)31-4)35-13-34-20)21(22(15)26(28)33-6)14-9-18(29-2)24(32-5)19(10-14)30-3/h8-12,21-22H,7,13H2,1-6H3/t21-,22-/m1/s1. The lowest BCUT2D eigenvalue weighted by Crippen LogP contribution is -2.30. The van der Waals surface area contributed by atoms with Gasteiger partial charge in [0.15, 0.2) is 23.0 Å². The largest absolute Gasteiger partial charge is 0.493 e. The summed E-state index contributed by atoms with van der Waals surface area (Å²) in [5.41, 5.74) is 3.02. The summed E-state index contributed by atoms with van der Waals surface area (Å²) in [6, 6.07) is 5.56. The van der Waals surface area contributed by atoms with Crippen molar-refractivity contribution in [1.29, 1.82) is 0 Å². The maximum atomic E-state index is 13.3. The zero-order valence-corrected chi connectivity index (χ0v) is 20.7.